The van der Waals surface area contributed by atoms with Crippen LogP contribution < -0.4 is 42.5 Å². The molecule has 4 unspecified atom stereocenters. The minimum absolute atomic E-state index is 0.0413. The second-order valence-corrected chi connectivity index (χ2v) is 29.8. The molecule has 23 nitrogen and oxygen atoms in total. The number of hydrogen-bond donors (Lipinski definition) is 12. The number of carbonyl (C=O) groups is 8. The maximum Gasteiger partial charge on any atom is 0.250 e. The van der Waals surface area contributed by atoms with E-state index >= 15 is 0 Å². The van der Waals surface area contributed by atoms with Crippen molar-refractivity contribution >= 4 is 47.3 Å². The summed E-state index contributed by atoms with van der Waals surface area (Å²) in [7, 11) is 1.80. The van der Waals surface area contributed by atoms with Crippen molar-refractivity contribution in [1.82, 2.24) is 57.2 Å². The number of amides is 8. The lowest BCUT2D eigenvalue weighted by atomic mass is 9.93. The molecule has 0 fully saturated rings. The van der Waals surface area contributed by atoms with Gasteiger partial charge in [0.25, 0.3) is 0 Å². The van der Waals surface area contributed by atoms with E-state index in [1.54, 1.807) is 16.8 Å². The first-order chi connectivity index (χ1) is 50.3. The highest BCUT2D eigenvalue weighted by Crippen LogP contribution is 2.23. The Morgan fingerprint density at radius 3 is 0.538 bits per heavy atom. The van der Waals surface area contributed by atoms with Crippen LogP contribution in [0.4, 0.5) is 0 Å². The maximum atomic E-state index is 13.5. The standard InChI is InChI=1S/C81H159N11O12/c1-10-18-26-34-42-66(43-35-27-19-11-2)74(97)82-50-54-86-78(101)70(93)62-91(63-71(94)79(102)87-55-51-83-75(98)67(44-36-28-20-12-3)45-37-29-21-13-4)60-58-90(9)59-61-92(64-72(95)80(103)88-56-52-84-76(99)68(46-38-30-22-14-5)47-39-31-23-15-6)65-73(96)81(104)89-57-53-85-77(100)69(48-40-32-24-16-7)49-41-33-25-17-8/h66-73,93-96H,10-65H2,1-9H3,(H,82,97)(H,83,98)(H,84,99)(H,85,100)(H,86,101)(H,87,102)(H,88,103)(H,89,104). The fourth-order valence-electron chi connectivity index (χ4n) is 13.3. The van der Waals surface area contributed by atoms with E-state index in [1.807, 2.05) is 4.90 Å². The van der Waals surface area contributed by atoms with E-state index in [4.69, 9.17) is 0 Å². The van der Waals surface area contributed by atoms with Crippen LogP contribution in [-0.4, -0.2) is 219 Å². The quantitative estimate of drug-likeness (QED) is 0.0252. The summed E-state index contributed by atoms with van der Waals surface area (Å²) >= 11 is 0. The van der Waals surface area contributed by atoms with Crippen molar-refractivity contribution in [2.45, 2.75) is 337 Å². The molecule has 0 aliphatic carbocycles. The fraction of sp³-hybridized carbons (Fsp3) is 0.901. The molecule has 8 amide bonds. The Hall–Kier alpha value is -4.52. The van der Waals surface area contributed by atoms with Crippen molar-refractivity contribution in [3.05, 3.63) is 0 Å². The Morgan fingerprint density at radius 1 is 0.231 bits per heavy atom. The summed E-state index contributed by atoms with van der Waals surface area (Å²) < 4.78 is 0. The molecule has 0 aromatic rings. The lowest BCUT2D eigenvalue weighted by Crippen LogP contribution is -2.51. The van der Waals surface area contributed by atoms with E-state index in [2.05, 4.69) is 97.9 Å². The predicted octanol–water partition coefficient (Wildman–Crippen LogP) is 10.1. The average Bonchev–Trinajstić information content (AvgIpc) is 0.903. The lowest BCUT2D eigenvalue weighted by molar-refractivity contribution is -0.133. The van der Waals surface area contributed by atoms with E-state index < -0.39 is 48.0 Å². The van der Waals surface area contributed by atoms with Crippen LogP contribution in [0.25, 0.3) is 0 Å². The number of aliphatic hydroxyl groups is 4. The molecule has 0 aromatic heterocycles. The van der Waals surface area contributed by atoms with Crippen molar-refractivity contribution < 1.29 is 58.8 Å². The summed E-state index contributed by atoms with van der Waals surface area (Å²) in [5, 5.41) is 68.6. The van der Waals surface area contributed by atoms with Gasteiger partial charge in [-0.15, -0.1) is 0 Å². The van der Waals surface area contributed by atoms with Crippen LogP contribution in [0.3, 0.4) is 0 Å². The van der Waals surface area contributed by atoms with Crippen LogP contribution in [0.2, 0.25) is 0 Å². The van der Waals surface area contributed by atoms with Gasteiger partial charge in [0.2, 0.25) is 47.3 Å². The van der Waals surface area contributed by atoms with Gasteiger partial charge in [-0.05, 0) is 58.4 Å². The highest BCUT2D eigenvalue weighted by atomic mass is 16.3. The molecule has 104 heavy (non-hydrogen) atoms. The molecule has 0 aromatic carbocycles. The number of aliphatic hydroxyl groups excluding tert-OH is 4. The molecule has 0 aliphatic heterocycles. The summed E-state index contributed by atoms with van der Waals surface area (Å²) in [6, 6.07) is 0. The molecule has 0 bridgehead atoms. The molecule has 0 aliphatic rings. The average molecular weight is 1480 g/mol. The molecule has 0 rings (SSSR count). The number of nitrogens with one attached hydrogen (secondary N) is 8. The summed E-state index contributed by atoms with van der Waals surface area (Å²) in [5.74, 6) is -3.41. The van der Waals surface area contributed by atoms with Crippen LogP contribution in [0.5, 0.6) is 0 Å². The molecule has 4 atom stereocenters. The second kappa shape index (κ2) is 69.0. The van der Waals surface area contributed by atoms with Crippen LogP contribution in [0, 0.1) is 23.7 Å². The normalized spacial score (nSPS) is 12.9. The minimum Gasteiger partial charge on any atom is -0.382 e. The van der Waals surface area contributed by atoms with E-state index in [1.165, 1.54) is 0 Å². The summed E-state index contributed by atoms with van der Waals surface area (Å²) in [6.07, 6.45) is 34.3. The maximum absolute atomic E-state index is 13.5. The van der Waals surface area contributed by atoms with Crippen molar-refractivity contribution in [3.8, 4) is 0 Å². The van der Waals surface area contributed by atoms with Gasteiger partial charge in [0.1, 0.15) is 24.4 Å². The fourth-order valence-corrected chi connectivity index (χ4v) is 13.3. The lowest BCUT2D eigenvalue weighted by Gasteiger charge is -2.31. The minimum atomic E-state index is -1.60. The zero-order valence-electron chi connectivity index (χ0n) is 67.6. The number of hydrogen-bond acceptors (Lipinski definition) is 15. The van der Waals surface area contributed by atoms with Gasteiger partial charge in [-0.25, -0.2) is 0 Å². The summed E-state index contributed by atoms with van der Waals surface area (Å²) in [5.41, 5.74) is 0. The summed E-state index contributed by atoms with van der Waals surface area (Å²) in [6.45, 7) is 17.9. The molecule has 0 saturated carbocycles. The van der Waals surface area contributed by atoms with Crippen LogP contribution in [0.1, 0.15) is 312 Å². The van der Waals surface area contributed by atoms with Gasteiger partial charge in [0.05, 0.1) is 0 Å². The Bertz CT molecular complexity index is 1820. The Morgan fingerprint density at radius 2 is 0.385 bits per heavy atom. The third-order valence-electron chi connectivity index (χ3n) is 20.2. The number of unbranched alkanes of at least 4 members (excludes halogenated alkanes) is 24. The van der Waals surface area contributed by atoms with Gasteiger partial charge in [-0.2, -0.15) is 0 Å². The van der Waals surface area contributed by atoms with Crippen LogP contribution >= 0.6 is 0 Å². The number of likely N-dealkylation sites (N-methyl/N-ethyl adjacent to an activating group) is 1. The Labute approximate surface area is 632 Å². The third-order valence-corrected chi connectivity index (χ3v) is 20.2. The van der Waals surface area contributed by atoms with E-state index in [-0.39, 0.29) is 152 Å². The Balaban J connectivity index is 6.54. The zero-order chi connectivity index (χ0) is 77.2. The largest absolute Gasteiger partial charge is 0.382 e. The van der Waals surface area contributed by atoms with Gasteiger partial charge in [-0.3, -0.25) is 48.2 Å². The van der Waals surface area contributed by atoms with Gasteiger partial charge < -0.3 is 67.9 Å². The molecule has 12 N–H and O–H groups in total. The molecule has 610 valence electrons. The molecule has 0 saturated heterocycles. The number of carbonyl (C=O) groups excluding carboxylic acids is 8. The smallest absolute Gasteiger partial charge is 0.250 e. The monoisotopic (exact) mass is 1480 g/mol. The first-order valence-electron chi connectivity index (χ1n) is 42.3. The van der Waals surface area contributed by atoms with Gasteiger partial charge >= 0.3 is 0 Å². The number of rotatable bonds is 74. The van der Waals surface area contributed by atoms with E-state index in [0.717, 1.165) is 257 Å². The molecular formula is C81H159N11O12. The topological polar surface area (TPSA) is 323 Å². The highest BCUT2D eigenvalue weighted by Gasteiger charge is 2.28. The van der Waals surface area contributed by atoms with Gasteiger partial charge in [0, 0.05) is 128 Å². The predicted molar refractivity (Wildman–Crippen MR) is 423 cm³/mol. The van der Waals surface area contributed by atoms with Crippen LogP contribution in [-0.2, 0) is 38.4 Å². The van der Waals surface area contributed by atoms with Gasteiger partial charge in [-0.1, -0.05) is 261 Å². The first-order valence-corrected chi connectivity index (χ1v) is 42.3. The highest BCUT2D eigenvalue weighted by molar-refractivity contribution is 5.83. The molecule has 23 heteroatoms. The Kier molecular flexibility index (Phi) is 66.0. The molecule has 0 heterocycles. The zero-order valence-corrected chi connectivity index (χ0v) is 67.6. The third kappa shape index (κ3) is 54.1. The van der Waals surface area contributed by atoms with E-state index in [0.29, 0.717) is 0 Å². The van der Waals surface area contributed by atoms with Crippen molar-refractivity contribution in [2.75, 3.05) is 112 Å². The first kappa shape index (κ1) is 99.5. The molecule has 0 radical (unpaired) electrons. The summed E-state index contributed by atoms with van der Waals surface area (Å²) in [4.78, 5) is 113. The van der Waals surface area contributed by atoms with Crippen LogP contribution in [0.15, 0.2) is 0 Å². The van der Waals surface area contributed by atoms with Crippen molar-refractivity contribution in [3.63, 3.8) is 0 Å². The molecular weight excluding hydrogens is 1320 g/mol. The number of nitrogens with zero attached hydrogens (tertiary/aromatic N) is 3. The SMILES string of the molecule is CCCCCCC(CCCCCC)C(=O)NCCNC(=O)C(O)CN(CCN(C)CCN(CC(O)C(=O)NCCNC(=O)C(CCCCCC)CCCCCC)CC(O)C(=O)NCCNC(=O)C(CCCCCC)CCCCCC)CC(O)C(=O)NCCNC(=O)C(CCCCCC)CCCCCC. The van der Waals surface area contributed by atoms with Crippen molar-refractivity contribution in [2.24, 2.45) is 23.7 Å². The second-order valence-electron chi connectivity index (χ2n) is 29.8. The van der Waals surface area contributed by atoms with E-state index in [9.17, 15) is 58.8 Å². The van der Waals surface area contributed by atoms with Gasteiger partial charge in [0.15, 0.2) is 0 Å². The van der Waals surface area contributed by atoms with Crippen molar-refractivity contribution in [1.29, 1.82) is 0 Å². The molecule has 0 spiro atoms.